The van der Waals surface area contributed by atoms with E-state index in [0.29, 0.717) is 0 Å². The molecule has 0 aliphatic heterocycles. The molecule has 0 unspecified atom stereocenters. The Bertz CT molecular complexity index is 232. The molecule has 0 aliphatic carbocycles. The summed E-state index contributed by atoms with van der Waals surface area (Å²) in [5, 5.41) is 0. The predicted molar refractivity (Wildman–Crippen MR) is 49.2 cm³/mol. The quantitative estimate of drug-likeness (QED) is 0.754. The smallest absolute Gasteiger partial charge is 0.131 e. The lowest BCUT2D eigenvalue weighted by Crippen LogP contribution is -1.71. The van der Waals surface area contributed by atoms with Gasteiger partial charge in [-0.2, -0.15) is 0 Å². The molecule has 10 heavy (non-hydrogen) atoms. The minimum Gasteiger partial charge on any atom is -0.465 e. The van der Waals surface area contributed by atoms with E-state index in [1.165, 1.54) is 0 Å². The number of furan rings is 1. The lowest BCUT2D eigenvalue weighted by Gasteiger charge is -1.93. The highest BCUT2D eigenvalue weighted by Gasteiger charge is 2.00. The van der Waals surface area contributed by atoms with Crippen LogP contribution >= 0.6 is 31.9 Å². The first-order valence-electron chi connectivity index (χ1n) is 2.77. The first kappa shape index (κ1) is 8.08. The van der Waals surface area contributed by atoms with Crippen LogP contribution < -0.4 is 0 Å². The van der Waals surface area contributed by atoms with Crippen molar-refractivity contribution in [2.75, 3.05) is 0 Å². The molecule has 0 amide bonds. The van der Waals surface area contributed by atoms with Crippen molar-refractivity contribution in [2.45, 2.75) is 6.92 Å². The minimum atomic E-state index is 0.878. The van der Waals surface area contributed by atoms with Crippen LogP contribution in [-0.4, -0.2) is 0 Å². The topological polar surface area (TPSA) is 13.1 Å². The van der Waals surface area contributed by atoms with Gasteiger partial charge in [0.05, 0.1) is 9.65 Å². The summed E-state index contributed by atoms with van der Waals surface area (Å²) in [6, 6.07) is 3.78. The molecular formula is C7H6Br2O. The predicted octanol–water partition coefficient (Wildman–Crippen LogP) is 3.76. The Morgan fingerprint density at radius 3 is 2.60 bits per heavy atom. The number of allylic oxidation sites excluding steroid dienone is 1. The Hall–Kier alpha value is -0.0200. The molecule has 0 spiro atoms. The van der Waals surface area contributed by atoms with Crippen LogP contribution in [0.1, 0.15) is 12.7 Å². The summed E-state index contributed by atoms with van der Waals surface area (Å²) in [4.78, 5) is 0. The summed E-state index contributed by atoms with van der Waals surface area (Å²) in [5.41, 5.74) is 1.06. The van der Waals surface area contributed by atoms with E-state index in [0.717, 1.165) is 14.7 Å². The zero-order chi connectivity index (χ0) is 7.56. The monoisotopic (exact) mass is 264 g/mol. The maximum absolute atomic E-state index is 5.14. The van der Waals surface area contributed by atoms with E-state index in [-0.39, 0.29) is 0 Å². The first-order valence-corrected chi connectivity index (χ1v) is 4.36. The standard InChI is InChI=1S/C7H6Br2O/c1-5(7(8)9)6-3-2-4-10-6/h2-4H,1H3. The van der Waals surface area contributed by atoms with E-state index in [9.17, 15) is 0 Å². The average molecular weight is 266 g/mol. The van der Waals surface area contributed by atoms with Gasteiger partial charge < -0.3 is 4.42 Å². The van der Waals surface area contributed by atoms with Crippen LogP contribution in [0.25, 0.3) is 5.57 Å². The number of rotatable bonds is 1. The third-order valence-corrected chi connectivity index (χ3v) is 2.36. The molecule has 0 aliphatic rings. The summed E-state index contributed by atoms with van der Waals surface area (Å²) in [6.07, 6.45) is 1.65. The molecule has 0 saturated carbocycles. The Kier molecular flexibility index (Phi) is 2.74. The highest BCUT2D eigenvalue weighted by atomic mass is 79.9. The molecule has 1 aromatic rings. The number of halogens is 2. The van der Waals surface area contributed by atoms with Crippen LogP contribution in [-0.2, 0) is 0 Å². The largest absolute Gasteiger partial charge is 0.465 e. The van der Waals surface area contributed by atoms with Gasteiger partial charge in [0.25, 0.3) is 0 Å². The second-order valence-corrected chi connectivity index (χ2v) is 4.51. The molecule has 1 heterocycles. The van der Waals surface area contributed by atoms with Gasteiger partial charge >= 0.3 is 0 Å². The van der Waals surface area contributed by atoms with Crippen LogP contribution in [0.4, 0.5) is 0 Å². The highest BCUT2D eigenvalue weighted by Crippen LogP contribution is 2.26. The van der Waals surface area contributed by atoms with Crippen LogP contribution in [0.2, 0.25) is 0 Å². The molecule has 0 saturated heterocycles. The van der Waals surface area contributed by atoms with Crippen molar-refractivity contribution in [2.24, 2.45) is 0 Å². The second kappa shape index (κ2) is 3.39. The molecule has 0 fully saturated rings. The summed E-state index contributed by atoms with van der Waals surface area (Å²) in [6.45, 7) is 1.97. The lowest BCUT2D eigenvalue weighted by molar-refractivity contribution is 0.553. The normalized spacial score (nSPS) is 9.50. The van der Waals surface area contributed by atoms with Gasteiger partial charge in [-0.25, -0.2) is 0 Å². The van der Waals surface area contributed by atoms with E-state index in [1.54, 1.807) is 6.26 Å². The zero-order valence-corrected chi connectivity index (χ0v) is 8.57. The molecule has 1 aromatic heterocycles. The van der Waals surface area contributed by atoms with Crippen LogP contribution in [0, 0.1) is 0 Å². The van der Waals surface area contributed by atoms with Crippen LogP contribution in [0.15, 0.2) is 26.2 Å². The molecular weight excluding hydrogens is 260 g/mol. The van der Waals surface area contributed by atoms with E-state index in [4.69, 9.17) is 4.42 Å². The van der Waals surface area contributed by atoms with Gasteiger partial charge in [-0.3, -0.25) is 0 Å². The SMILES string of the molecule is CC(=C(Br)Br)c1ccco1. The van der Waals surface area contributed by atoms with Gasteiger partial charge in [0, 0.05) is 5.57 Å². The molecule has 0 N–H and O–H groups in total. The van der Waals surface area contributed by atoms with E-state index >= 15 is 0 Å². The summed E-state index contributed by atoms with van der Waals surface area (Å²) >= 11 is 6.59. The van der Waals surface area contributed by atoms with Gasteiger partial charge in [0.2, 0.25) is 0 Å². The van der Waals surface area contributed by atoms with E-state index < -0.39 is 0 Å². The van der Waals surface area contributed by atoms with E-state index in [1.807, 2.05) is 19.1 Å². The molecule has 54 valence electrons. The zero-order valence-electron chi connectivity index (χ0n) is 5.40. The van der Waals surface area contributed by atoms with Crippen molar-refractivity contribution in [3.05, 3.63) is 27.5 Å². The average Bonchev–Trinajstić information content (AvgIpc) is 2.36. The minimum absolute atomic E-state index is 0.878. The fourth-order valence-corrected chi connectivity index (χ4v) is 0.976. The third-order valence-electron chi connectivity index (χ3n) is 1.17. The van der Waals surface area contributed by atoms with Crippen molar-refractivity contribution >= 4 is 37.4 Å². The molecule has 0 aromatic carbocycles. The molecule has 0 atom stereocenters. The molecule has 0 radical (unpaired) electrons. The number of hydrogen-bond acceptors (Lipinski definition) is 1. The fourth-order valence-electron chi connectivity index (χ4n) is 0.585. The molecule has 3 heteroatoms. The van der Waals surface area contributed by atoms with Gasteiger partial charge in [0.15, 0.2) is 0 Å². The van der Waals surface area contributed by atoms with Crippen molar-refractivity contribution in [1.82, 2.24) is 0 Å². The highest BCUT2D eigenvalue weighted by molar-refractivity contribution is 9.28. The lowest BCUT2D eigenvalue weighted by atomic mass is 10.3. The van der Waals surface area contributed by atoms with Crippen molar-refractivity contribution in [3.8, 4) is 0 Å². The molecule has 0 bridgehead atoms. The van der Waals surface area contributed by atoms with Crippen molar-refractivity contribution < 1.29 is 4.42 Å². The Morgan fingerprint density at radius 2 is 2.20 bits per heavy atom. The number of hydrogen-bond donors (Lipinski definition) is 0. The third kappa shape index (κ3) is 1.73. The van der Waals surface area contributed by atoms with Gasteiger partial charge in [-0.15, -0.1) is 0 Å². The Balaban J connectivity index is 2.99. The summed E-state index contributed by atoms with van der Waals surface area (Å²) in [5.74, 6) is 0.878. The van der Waals surface area contributed by atoms with Gasteiger partial charge in [0.1, 0.15) is 5.76 Å². The fraction of sp³-hybridized carbons (Fsp3) is 0.143. The van der Waals surface area contributed by atoms with Crippen LogP contribution in [0.3, 0.4) is 0 Å². The van der Waals surface area contributed by atoms with Crippen molar-refractivity contribution in [3.63, 3.8) is 0 Å². The maximum atomic E-state index is 5.14. The summed E-state index contributed by atoms with van der Waals surface area (Å²) < 4.78 is 6.06. The Morgan fingerprint density at radius 1 is 1.50 bits per heavy atom. The van der Waals surface area contributed by atoms with E-state index in [2.05, 4.69) is 31.9 Å². The first-order chi connectivity index (χ1) is 4.72. The van der Waals surface area contributed by atoms with Gasteiger partial charge in [-0.1, -0.05) is 0 Å². The van der Waals surface area contributed by atoms with Crippen LogP contribution in [0.5, 0.6) is 0 Å². The van der Waals surface area contributed by atoms with Crippen molar-refractivity contribution in [1.29, 1.82) is 0 Å². The molecule has 1 rings (SSSR count). The second-order valence-electron chi connectivity index (χ2n) is 1.86. The summed E-state index contributed by atoms with van der Waals surface area (Å²) in [7, 11) is 0. The molecule has 1 nitrogen and oxygen atoms in total. The Labute approximate surface area is 76.4 Å². The van der Waals surface area contributed by atoms with Gasteiger partial charge in [-0.05, 0) is 50.9 Å². The maximum Gasteiger partial charge on any atom is 0.131 e.